The highest BCUT2D eigenvalue weighted by molar-refractivity contribution is 5.76. The molecule has 0 radical (unpaired) electrons. The molecule has 0 saturated carbocycles. The molecule has 0 aliphatic rings. The first-order chi connectivity index (χ1) is 10.9. The van der Waals surface area contributed by atoms with E-state index in [1.807, 2.05) is 0 Å². The predicted molar refractivity (Wildman–Crippen MR) is 84.3 cm³/mol. The zero-order valence-electron chi connectivity index (χ0n) is 14.5. The van der Waals surface area contributed by atoms with Gasteiger partial charge in [-0.1, -0.05) is 0 Å². The average Bonchev–Trinajstić information content (AvgIpc) is 2.34. The van der Waals surface area contributed by atoms with Gasteiger partial charge in [-0.15, -0.1) is 0 Å². The van der Waals surface area contributed by atoms with Gasteiger partial charge in [0.05, 0.1) is 6.42 Å². The Balaban J connectivity index is 4.01. The first-order valence-corrected chi connectivity index (χ1v) is 7.52. The van der Waals surface area contributed by atoms with E-state index in [2.05, 4.69) is 5.43 Å². The van der Waals surface area contributed by atoms with Gasteiger partial charge in [0.1, 0.15) is 18.3 Å². The molecule has 0 saturated heterocycles. The molecule has 0 rings (SSSR count). The molecule has 10 heteroatoms. The topological polar surface area (TPSA) is 125 Å². The van der Waals surface area contributed by atoms with Crippen LogP contribution in [-0.4, -0.2) is 65.0 Å². The van der Waals surface area contributed by atoms with Crippen molar-refractivity contribution < 1.29 is 28.6 Å². The van der Waals surface area contributed by atoms with E-state index in [-0.39, 0.29) is 25.9 Å². The van der Waals surface area contributed by atoms with Crippen molar-refractivity contribution in [1.29, 1.82) is 0 Å². The number of carbonyl (C=O) groups is 3. The number of carboxylic acids is 1. The van der Waals surface area contributed by atoms with E-state index in [9.17, 15) is 18.8 Å². The van der Waals surface area contributed by atoms with E-state index >= 15 is 0 Å². The fraction of sp³-hybridized carbons (Fsp3) is 0.786. The van der Waals surface area contributed by atoms with Crippen molar-refractivity contribution in [3.63, 3.8) is 0 Å². The Kier molecular flexibility index (Phi) is 9.22. The maximum absolute atomic E-state index is 13.7. The van der Waals surface area contributed by atoms with Gasteiger partial charge in [-0.25, -0.2) is 25.0 Å². The third kappa shape index (κ3) is 11.6. The number of rotatable bonds is 9. The number of amides is 2. The molecule has 0 aromatic rings. The van der Waals surface area contributed by atoms with E-state index in [1.165, 1.54) is 7.05 Å². The number of nitrogens with one attached hydrogen (secondary N) is 1. The van der Waals surface area contributed by atoms with Crippen molar-refractivity contribution >= 4 is 18.0 Å². The highest BCUT2D eigenvalue weighted by Crippen LogP contribution is 2.10. The van der Waals surface area contributed by atoms with Crippen LogP contribution in [0.5, 0.6) is 0 Å². The number of halogens is 1. The molecule has 0 bridgehead atoms. The molecule has 0 aliphatic carbocycles. The van der Waals surface area contributed by atoms with Gasteiger partial charge in [-0.2, -0.15) is 0 Å². The van der Waals surface area contributed by atoms with Gasteiger partial charge in [0, 0.05) is 13.6 Å². The number of aliphatic carboxylic acids is 1. The molecule has 0 aliphatic heterocycles. The molecule has 0 fully saturated rings. The van der Waals surface area contributed by atoms with Crippen LogP contribution in [0.3, 0.4) is 0 Å². The summed E-state index contributed by atoms with van der Waals surface area (Å²) in [6.45, 7) is 4.82. The Hall–Kier alpha value is -1.94. The number of hydrogen-bond acceptors (Lipinski definition) is 6. The molecule has 9 nitrogen and oxygen atoms in total. The van der Waals surface area contributed by atoms with Crippen LogP contribution in [0.2, 0.25) is 0 Å². The second kappa shape index (κ2) is 10.0. The van der Waals surface area contributed by atoms with Crippen LogP contribution in [-0.2, 0) is 14.3 Å². The largest absolute Gasteiger partial charge is 0.480 e. The Morgan fingerprint density at radius 3 is 2.42 bits per heavy atom. The lowest BCUT2D eigenvalue weighted by atomic mass is 10.1. The number of hydrazine groups is 2. The lowest BCUT2D eigenvalue weighted by Gasteiger charge is -2.24. The highest BCUT2D eigenvalue weighted by Gasteiger charge is 2.20. The lowest BCUT2D eigenvalue weighted by Crippen LogP contribution is -2.43. The van der Waals surface area contributed by atoms with E-state index in [0.717, 1.165) is 10.0 Å². The van der Waals surface area contributed by atoms with Crippen LogP contribution < -0.4 is 11.3 Å². The molecule has 0 spiro atoms. The predicted octanol–water partition coefficient (Wildman–Crippen LogP) is 0.653. The van der Waals surface area contributed by atoms with Crippen LogP contribution in [0.1, 0.15) is 40.0 Å². The number of nitrogens with two attached hydrogens (primary N) is 1. The Labute approximate surface area is 140 Å². The second-order valence-corrected chi connectivity index (χ2v) is 6.40. The number of likely N-dealkylation sites (N-methyl/N-ethyl adjacent to an activating group) is 1. The van der Waals surface area contributed by atoms with Crippen molar-refractivity contribution in [3.05, 3.63) is 0 Å². The van der Waals surface area contributed by atoms with Crippen LogP contribution >= 0.6 is 0 Å². The maximum atomic E-state index is 13.7. The number of carbonyl (C=O) groups excluding carboxylic acids is 2. The summed E-state index contributed by atoms with van der Waals surface area (Å²) in [6.07, 6.45) is -2.23. The van der Waals surface area contributed by atoms with Crippen molar-refractivity contribution in [3.8, 4) is 0 Å². The number of carboxylic acid groups (broad SMARTS) is 1. The van der Waals surface area contributed by atoms with E-state index in [1.54, 1.807) is 20.8 Å². The van der Waals surface area contributed by atoms with E-state index in [0.29, 0.717) is 0 Å². The van der Waals surface area contributed by atoms with Crippen LogP contribution in [0.25, 0.3) is 0 Å². The first-order valence-electron chi connectivity index (χ1n) is 7.52. The normalized spacial score (nSPS) is 12.6. The number of alkyl halides is 1. The zero-order valence-corrected chi connectivity index (χ0v) is 14.5. The minimum absolute atomic E-state index is 0.0343. The van der Waals surface area contributed by atoms with Crippen molar-refractivity contribution in [2.75, 3.05) is 20.1 Å². The second-order valence-electron chi connectivity index (χ2n) is 6.40. The molecule has 140 valence electrons. The summed E-state index contributed by atoms with van der Waals surface area (Å²) in [6, 6.07) is 0. The first kappa shape index (κ1) is 22.1. The minimum Gasteiger partial charge on any atom is -0.480 e. The van der Waals surface area contributed by atoms with E-state index in [4.69, 9.17) is 15.7 Å². The molecule has 0 aromatic heterocycles. The Bertz CT molecular complexity index is 441. The fourth-order valence-electron chi connectivity index (χ4n) is 1.70. The standard InChI is InChI=1S/C14H27FN4O5/c1-14(2,3)24-13(23)19(16)7-5-6-10(15)8-11(20)17-18(4)9-12(21)22/h10H,5-9,16H2,1-4H3,(H,17,20)(H,21,22)/t10-/m1/s1. The maximum Gasteiger partial charge on any atom is 0.424 e. The summed E-state index contributed by atoms with van der Waals surface area (Å²) in [5, 5.41) is 10.5. The van der Waals surface area contributed by atoms with E-state index < -0.39 is 36.2 Å². The summed E-state index contributed by atoms with van der Waals surface area (Å²) in [4.78, 5) is 33.5. The summed E-state index contributed by atoms with van der Waals surface area (Å²) < 4.78 is 18.8. The summed E-state index contributed by atoms with van der Waals surface area (Å²) in [5.41, 5.74) is 1.58. The number of ether oxygens (including phenoxy) is 1. The van der Waals surface area contributed by atoms with Crippen LogP contribution in [0, 0.1) is 0 Å². The van der Waals surface area contributed by atoms with Crippen LogP contribution in [0.4, 0.5) is 9.18 Å². The molecule has 0 heterocycles. The quantitative estimate of drug-likeness (QED) is 0.317. The van der Waals surface area contributed by atoms with Crippen molar-refractivity contribution in [1.82, 2.24) is 15.4 Å². The highest BCUT2D eigenvalue weighted by atomic mass is 19.1. The SMILES string of the molecule is CN(CC(=O)O)NC(=O)C[C@H](F)CCCN(N)C(=O)OC(C)(C)C. The molecule has 1 atom stereocenters. The lowest BCUT2D eigenvalue weighted by molar-refractivity contribution is -0.139. The minimum atomic E-state index is -1.42. The average molecular weight is 350 g/mol. The van der Waals surface area contributed by atoms with Crippen molar-refractivity contribution in [2.45, 2.75) is 51.8 Å². The summed E-state index contributed by atoms with van der Waals surface area (Å²) >= 11 is 0. The number of hydrogen-bond donors (Lipinski definition) is 3. The molecule has 0 aromatic carbocycles. The monoisotopic (exact) mass is 350 g/mol. The summed E-state index contributed by atoms with van der Waals surface area (Å²) in [5.74, 6) is 3.79. The molecular weight excluding hydrogens is 323 g/mol. The molecule has 0 unspecified atom stereocenters. The number of nitrogens with zero attached hydrogens (tertiary/aromatic N) is 2. The van der Waals surface area contributed by atoms with Gasteiger partial charge in [-0.3, -0.25) is 15.0 Å². The third-order valence-corrected chi connectivity index (χ3v) is 2.64. The molecule has 4 N–H and O–H groups in total. The fourth-order valence-corrected chi connectivity index (χ4v) is 1.70. The Morgan fingerprint density at radius 1 is 1.33 bits per heavy atom. The van der Waals surface area contributed by atoms with Gasteiger partial charge in [0.15, 0.2) is 0 Å². The molecular formula is C14H27FN4O5. The van der Waals surface area contributed by atoms with Gasteiger partial charge in [0.2, 0.25) is 5.91 Å². The molecule has 2 amide bonds. The van der Waals surface area contributed by atoms with Gasteiger partial charge < -0.3 is 9.84 Å². The smallest absolute Gasteiger partial charge is 0.424 e. The van der Waals surface area contributed by atoms with Gasteiger partial charge in [0.25, 0.3) is 0 Å². The molecule has 24 heavy (non-hydrogen) atoms. The zero-order chi connectivity index (χ0) is 18.9. The van der Waals surface area contributed by atoms with Crippen LogP contribution in [0.15, 0.2) is 0 Å². The van der Waals surface area contributed by atoms with Gasteiger partial charge >= 0.3 is 12.1 Å². The van der Waals surface area contributed by atoms with Crippen molar-refractivity contribution in [2.24, 2.45) is 5.84 Å². The summed E-state index contributed by atoms with van der Waals surface area (Å²) in [7, 11) is 1.37. The van der Waals surface area contributed by atoms with Gasteiger partial charge in [-0.05, 0) is 33.6 Å². The third-order valence-electron chi connectivity index (χ3n) is 2.64. The Morgan fingerprint density at radius 2 is 1.92 bits per heavy atom.